The van der Waals surface area contributed by atoms with Crippen LogP contribution in [0.1, 0.15) is 26.2 Å². The molecule has 18 heavy (non-hydrogen) atoms. The van der Waals surface area contributed by atoms with Crippen molar-refractivity contribution in [2.45, 2.75) is 26.2 Å². The van der Waals surface area contributed by atoms with Gasteiger partial charge < -0.3 is 10.1 Å². The van der Waals surface area contributed by atoms with Gasteiger partial charge in [-0.15, -0.1) is 0 Å². The van der Waals surface area contributed by atoms with Crippen LogP contribution in [0.2, 0.25) is 0 Å². The second kappa shape index (κ2) is 9.29. The molecule has 0 aromatic carbocycles. The zero-order valence-corrected chi connectivity index (χ0v) is 12.3. The second-order valence-electron chi connectivity index (χ2n) is 4.15. The van der Waals surface area contributed by atoms with E-state index >= 15 is 0 Å². The summed E-state index contributed by atoms with van der Waals surface area (Å²) in [6.07, 6.45) is 4.14. The van der Waals surface area contributed by atoms with Crippen molar-refractivity contribution in [2.24, 2.45) is 0 Å². The highest BCUT2D eigenvalue weighted by Gasteiger charge is 2.19. The van der Waals surface area contributed by atoms with E-state index in [0.717, 1.165) is 29.8 Å². The number of methoxy groups -OCH3 is 1. The van der Waals surface area contributed by atoms with Crippen LogP contribution in [-0.2, 0) is 19.6 Å². The Morgan fingerprint density at radius 2 is 2.00 bits per heavy atom. The molecule has 0 saturated carbocycles. The Morgan fingerprint density at radius 1 is 1.33 bits per heavy atom. The number of hydrogen-bond donors (Lipinski definition) is 1. The summed E-state index contributed by atoms with van der Waals surface area (Å²) in [5, 5.41) is 2.71. The van der Waals surface area contributed by atoms with E-state index in [1.807, 2.05) is 0 Å². The molecule has 7 heteroatoms. The van der Waals surface area contributed by atoms with Crippen LogP contribution in [0, 0.1) is 0 Å². The topological polar surface area (TPSA) is 75.7 Å². The minimum atomic E-state index is -3.37. The third-order valence-corrected chi connectivity index (χ3v) is 3.69. The Morgan fingerprint density at radius 3 is 2.50 bits per heavy atom. The molecule has 1 N–H and O–H groups in total. The van der Waals surface area contributed by atoms with Crippen LogP contribution in [0.3, 0.4) is 0 Å². The molecular weight excluding hydrogens is 256 g/mol. The highest BCUT2D eigenvalue weighted by atomic mass is 32.2. The minimum absolute atomic E-state index is 0.145. The number of ether oxygens (including phenoxy) is 1. The Hall–Kier alpha value is -0.660. The van der Waals surface area contributed by atoms with E-state index in [-0.39, 0.29) is 25.6 Å². The number of sulfonamides is 1. The SMILES string of the molecule is CCCCCNC(=O)CN(CCOC)S(C)(=O)=O. The maximum atomic E-state index is 11.6. The molecule has 0 fully saturated rings. The molecule has 0 spiro atoms. The lowest BCUT2D eigenvalue weighted by atomic mass is 10.2. The fourth-order valence-corrected chi connectivity index (χ4v) is 2.13. The molecule has 0 saturated heterocycles. The first kappa shape index (κ1) is 17.3. The van der Waals surface area contributed by atoms with Gasteiger partial charge in [0.2, 0.25) is 15.9 Å². The number of nitrogens with one attached hydrogen (secondary N) is 1. The van der Waals surface area contributed by atoms with Gasteiger partial charge in [0.05, 0.1) is 19.4 Å². The number of carbonyl (C=O) groups is 1. The van der Waals surface area contributed by atoms with E-state index < -0.39 is 10.0 Å². The van der Waals surface area contributed by atoms with Crippen molar-refractivity contribution in [1.29, 1.82) is 0 Å². The van der Waals surface area contributed by atoms with Gasteiger partial charge in [-0.25, -0.2) is 8.42 Å². The van der Waals surface area contributed by atoms with Crippen molar-refractivity contribution in [2.75, 3.05) is 39.6 Å². The summed E-state index contributed by atoms with van der Waals surface area (Å²) in [4.78, 5) is 11.6. The van der Waals surface area contributed by atoms with Crippen molar-refractivity contribution < 1.29 is 17.9 Å². The predicted octanol–water partition coefficient (Wildman–Crippen LogP) is 0.201. The first-order valence-corrected chi connectivity index (χ1v) is 7.97. The lowest BCUT2D eigenvalue weighted by molar-refractivity contribution is -0.121. The highest BCUT2D eigenvalue weighted by molar-refractivity contribution is 7.88. The van der Waals surface area contributed by atoms with Crippen LogP contribution in [0.5, 0.6) is 0 Å². The first-order valence-electron chi connectivity index (χ1n) is 6.12. The molecule has 1 amide bonds. The Kier molecular flexibility index (Phi) is 8.95. The van der Waals surface area contributed by atoms with Crippen LogP contribution in [-0.4, -0.2) is 58.2 Å². The van der Waals surface area contributed by atoms with E-state index in [1.165, 1.54) is 7.11 Å². The molecule has 0 unspecified atom stereocenters. The molecule has 0 aliphatic rings. The lowest BCUT2D eigenvalue weighted by Crippen LogP contribution is -2.41. The van der Waals surface area contributed by atoms with Crippen molar-refractivity contribution in [1.82, 2.24) is 9.62 Å². The molecule has 0 rings (SSSR count). The Labute approximate surface area is 110 Å². The molecule has 108 valence electrons. The molecule has 0 atom stereocenters. The molecule has 0 radical (unpaired) electrons. The number of nitrogens with zero attached hydrogens (tertiary/aromatic N) is 1. The van der Waals surface area contributed by atoms with Gasteiger partial charge >= 0.3 is 0 Å². The van der Waals surface area contributed by atoms with Gasteiger partial charge in [0, 0.05) is 20.2 Å². The average molecular weight is 280 g/mol. The maximum Gasteiger partial charge on any atom is 0.235 e. The molecule has 0 aliphatic carbocycles. The Bertz CT molecular complexity index is 330. The Balaban J connectivity index is 4.11. The van der Waals surface area contributed by atoms with Crippen molar-refractivity contribution in [3.63, 3.8) is 0 Å². The molecule has 0 aromatic rings. The summed E-state index contributed by atoms with van der Waals surface area (Å²) in [6, 6.07) is 0. The molecular formula is C11H24N2O4S. The van der Waals surface area contributed by atoms with E-state index in [4.69, 9.17) is 4.74 Å². The fourth-order valence-electron chi connectivity index (χ4n) is 1.37. The third-order valence-electron chi connectivity index (χ3n) is 2.44. The standard InChI is InChI=1S/C11H24N2O4S/c1-4-5-6-7-12-11(14)10-13(8-9-17-2)18(3,15)16/h4-10H2,1-3H3,(H,12,14). The molecule has 0 aliphatic heterocycles. The van der Waals surface area contributed by atoms with Gasteiger partial charge in [0.25, 0.3) is 0 Å². The monoisotopic (exact) mass is 280 g/mol. The quantitative estimate of drug-likeness (QED) is 0.580. The molecule has 0 heterocycles. The molecule has 0 bridgehead atoms. The summed E-state index contributed by atoms with van der Waals surface area (Å²) < 4.78 is 28.8. The van der Waals surface area contributed by atoms with Crippen molar-refractivity contribution >= 4 is 15.9 Å². The van der Waals surface area contributed by atoms with E-state index in [9.17, 15) is 13.2 Å². The van der Waals surface area contributed by atoms with Crippen LogP contribution in [0.15, 0.2) is 0 Å². The lowest BCUT2D eigenvalue weighted by Gasteiger charge is -2.18. The van der Waals surface area contributed by atoms with E-state index in [2.05, 4.69) is 12.2 Å². The van der Waals surface area contributed by atoms with E-state index in [1.54, 1.807) is 0 Å². The summed E-state index contributed by atoms with van der Waals surface area (Å²) in [5.74, 6) is -0.271. The van der Waals surface area contributed by atoms with Crippen LogP contribution in [0.4, 0.5) is 0 Å². The van der Waals surface area contributed by atoms with Crippen LogP contribution < -0.4 is 5.32 Å². The van der Waals surface area contributed by atoms with Gasteiger partial charge in [-0.1, -0.05) is 19.8 Å². The maximum absolute atomic E-state index is 11.6. The van der Waals surface area contributed by atoms with E-state index in [0.29, 0.717) is 6.54 Å². The first-order chi connectivity index (χ1) is 8.41. The fraction of sp³-hybridized carbons (Fsp3) is 0.909. The van der Waals surface area contributed by atoms with Crippen molar-refractivity contribution in [3.8, 4) is 0 Å². The summed E-state index contributed by atoms with van der Waals surface area (Å²) in [6.45, 7) is 2.99. The summed E-state index contributed by atoms with van der Waals surface area (Å²) >= 11 is 0. The van der Waals surface area contributed by atoms with Gasteiger partial charge in [-0.05, 0) is 6.42 Å². The second-order valence-corrected chi connectivity index (χ2v) is 6.13. The smallest absolute Gasteiger partial charge is 0.235 e. The molecule has 6 nitrogen and oxygen atoms in total. The number of hydrogen-bond acceptors (Lipinski definition) is 4. The van der Waals surface area contributed by atoms with Gasteiger partial charge in [-0.3, -0.25) is 4.79 Å². The van der Waals surface area contributed by atoms with Crippen LogP contribution >= 0.6 is 0 Å². The summed E-state index contributed by atoms with van der Waals surface area (Å²) in [7, 11) is -1.88. The number of unbranched alkanes of at least 4 members (excludes halogenated alkanes) is 2. The number of carbonyl (C=O) groups excluding carboxylic acids is 1. The number of amides is 1. The normalized spacial score (nSPS) is 11.8. The zero-order valence-electron chi connectivity index (χ0n) is 11.4. The minimum Gasteiger partial charge on any atom is -0.383 e. The van der Waals surface area contributed by atoms with Gasteiger partial charge in [0.1, 0.15) is 0 Å². The largest absolute Gasteiger partial charge is 0.383 e. The average Bonchev–Trinajstić information content (AvgIpc) is 2.28. The number of rotatable bonds is 10. The highest BCUT2D eigenvalue weighted by Crippen LogP contribution is 1.97. The van der Waals surface area contributed by atoms with Gasteiger partial charge in [0.15, 0.2) is 0 Å². The van der Waals surface area contributed by atoms with Crippen LogP contribution in [0.25, 0.3) is 0 Å². The third kappa shape index (κ3) is 8.43. The summed E-state index contributed by atoms with van der Waals surface area (Å²) in [5.41, 5.74) is 0. The predicted molar refractivity (Wildman–Crippen MR) is 70.8 cm³/mol. The molecule has 0 aromatic heterocycles. The van der Waals surface area contributed by atoms with Gasteiger partial charge in [-0.2, -0.15) is 4.31 Å². The zero-order chi connectivity index (χ0) is 14.0. The van der Waals surface area contributed by atoms with Crippen molar-refractivity contribution in [3.05, 3.63) is 0 Å².